The Bertz CT molecular complexity index is 1000. The van der Waals surface area contributed by atoms with Gasteiger partial charge in [-0.1, -0.05) is 17.9 Å². The zero-order valence-electron chi connectivity index (χ0n) is 15.7. The normalized spacial score (nSPS) is 13.2. The van der Waals surface area contributed by atoms with E-state index in [-0.39, 0.29) is 5.91 Å². The molecule has 1 N–H and O–H groups in total. The van der Waals surface area contributed by atoms with E-state index in [9.17, 15) is 15.2 Å². The minimum absolute atomic E-state index is 0.0772. The van der Waals surface area contributed by atoms with Gasteiger partial charge >= 0.3 is 0 Å². The number of hydrogen-bond acceptors (Lipinski definition) is 4. The zero-order chi connectivity index (χ0) is 19.6. The Balaban J connectivity index is 1.84. The predicted octanol–water partition coefficient (Wildman–Crippen LogP) is 2.58. The van der Waals surface area contributed by atoms with Crippen LogP contribution in [0, 0.1) is 30.1 Å². The molecule has 0 atom stereocenters. The fourth-order valence-corrected chi connectivity index (χ4v) is 3.11. The minimum Gasteiger partial charge on any atom is -0.378 e. The van der Waals surface area contributed by atoms with Gasteiger partial charge in [-0.05, 0) is 56.5 Å². The average molecular weight is 359 g/mol. The molecular formula is C22H21N3O2. The molecule has 0 aliphatic carbocycles. The summed E-state index contributed by atoms with van der Waals surface area (Å²) in [7, 11) is 0. The van der Waals surface area contributed by atoms with Crippen LogP contribution in [0.1, 0.15) is 52.2 Å². The number of carbonyl (C=O) groups excluding carboxylic acids is 1. The molecule has 1 aliphatic rings. The van der Waals surface area contributed by atoms with Gasteiger partial charge in [-0.15, -0.1) is 0 Å². The van der Waals surface area contributed by atoms with Crippen LogP contribution in [0.5, 0.6) is 0 Å². The molecule has 136 valence electrons. The van der Waals surface area contributed by atoms with E-state index in [4.69, 9.17) is 0 Å². The summed E-state index contributed by atoms with van der Waals surface area (Å²) in [6.45, 7) is 6.06. The van der Waals surface area contributed by atoms with Crippen molar-refractivity contribution < 1.29 is 9.90 Å². The number of nitriles is 1. The lowest BCUT2D eigenvalue weighted by Crippen LogP contribution is -2.36. The summed E-state index contributed by atoms with van der Waals surface area (Å²) in [4.78, 5) is 19.0. The fourth-order valence-electron chi connectivity index (χ4n) is 3.11. The smallest absolute Gasteiger partial charge is 0.254 e. The maximum absolute atomic E-state index is 12.9. The number of aliphatic hydroxyl groups is 1. The first-order chi connectivity index (χ1) is 12.8. The van der Waals surface area contributed by atoms with Gasteiger partial charge in [-0.2, -0.15) is 5.26 Å². The second kappa shape index (κ2) is 7.23. The van der Waals surface area contributed by atoms with Crippen LogP contribution in [0.4, 0.5) is 0 Å². The van der Waals surface area contributed by atoms with Gasteiger partial charge in [0.2, 0.25) is 0 Å². The molecule has 5 heteroatoms. The number of fused-ring (bicyclic) bond motifs is 1. The molecule has 0 saturated heterocycles. The van der Waals surface area contributed by atoms with E-state index in [0.29, 0.717) is 36.2 Å². The first-order valence-electron chi connectivity index (χ1n) is 8.81. The summed E-state index contributed by atoms with van der Waals surface area (Å²) in [5, 5.41) is 19.1. The summed E-state index contributed by atoms with van der Waals surface area (Å²) in [6.07, 6.45) is 2.40. The van der Waals surface area contributed by atoms with Crippen molar-refractivity contribution in [3.63, 3.8) is 0 Å². The van der Waals surface area contributed by atoms with Gasteiger partial charge in [0, 0.05) is 30.4 Å². The van der Waals surface area contributed by atoms with Crippen molar-refractivity contribution in [2.24, 2.45) is 0 Å². The molecule has 0 radical (unpaired) electrons. The van der Waals surface area contributed by atoms with Crippen molar-refractivity contribution in [3.05, 3.63) is 64.0 Å². The SMILES string of the molecule is Cc1ncc2c(c1C#N)CCN(C(=O)c1cccc(C#CC(C)(C)O)c1)C2. The third-order valence-electron chi connectivity index (χ3n) is 4.48. The van der Waals surface area contributed by atoms with Crippen LogP contribution in [0.25, 0.3) is 0 Å². The molecule has 5 nitrogen and oxygen atoms in total. The number of aryl methyl sites for hydroxylation is 1. The number of nitrogens with zero attached hydrogens (tertiary/aromatic N) is 3. The number of aromatic nitrogens is 1. The Hall–Kier alpha value is -3.15. The lowest BCUT2D eigenvalue weighted by atomic mass is 9.95. The van der Waals surface area contributed by atoms with Gasteiger partial charge < -0.3 is 10.0 Å². The molecule has 27 heavy (non-hydrogen) atoms. The van der Waals surface area contributed by atoms with Gasteiger partial charge in [0.1, 0.15) is 11.7 Å². The zero-order valence-corrected chi connectivity index (χ0v) is 15.7. The largest absolute Gasteiger partial charge is 0.378 e. The van der Waals surface area contributed by atoms with E-state index in [1.54, 1.807) is 43.1 Å². The van der Waals surface area contributed by atoms with Gasteiger partial charge in [-0.3, -0.25) is 9.78 Å². The molecular weight excluding hydrogens is 338 g/mol. The van der Waals surface area contributed by atoms with Crippen LogP contribution < -0.4 is 0 Å². The quantitative estimate of drug-likeness (QED) is 0.794. The van der Waals surface area contributed by atoms with Crippen LogP contribution in [0.2, 0.25) is 0 Å². The van der Waals surface area contributed by atoms with Crippen molar-refractivity contribution in [3.8, 4) is 17.9 Å². The van der Waals surface area contributed by atoms with Crippen molar-refractivity contribution >= 4 is 5.91 Å². The van der Waals surface area contributed by atoms with E-state index in [0.717, 1.165) is 16.8 Å². The molecule has 0 saturated carbocycles. The number of amides is 1. The highest BCUT2D eigenvalue weighted by Crippen LogP contribution is 2.24. The lowest BCUT2D eigenvalue weighted by molar-refractivity contribution is 0.0734. The topological polar surface area (TPSA) is 77.2 Å². The van der Waals surface area contributed by atoms with Crippen molar-refractivity contribution in [1.82, 2.24) is 9.88 Å². The van der Waals surface area contributed by atoms with E-state index >= 15 is 0 Å². The molecule has 3 rings (SSSR count). The molecule has 2 aromatic rings. The Labute approximate surface area is 159 Å². The fraction of sp³-hybridized carbons (Fsp3) is 0.318. The third-order valence-corrected chi connectivity index (χ3v) is 4.48. The predicted molar refractivity (Wildman–Crippen MR) is 102 cm³/mol. The summed E-state index contributed by atoms with van der Waals surface area (Å²) in [6, 6.07) is 9.34. The Morgan fingerprint density at radius 1 is 1.37 bits per heavy atom. The standard InChI is InChI=1S/C22H21N3O2/c1-15-20(12-23)19-8-10-25(14-18(19)13-24-15)21(26)17-6-4-5-16(11-17)7-9-22(2,3)27/h4-6,11,13,27H,8,10,14H2,1-3H3. The highest BCUT2D eigenvalue weighted by molar-refractivity contribution is 5.94. The van der Waals surface area contributed by atoms with Gasteiger partial charge in [0.25, 0.3) is 5.91 Å². The van der Waals surface area contributed by atoms with Gasteiger partial charge in [-0.25, -0.2) is 0 Å². The van der Waals surface area contributed by atoms with Crippen LogP contribution in [0.3, 0.4) is 0 Å². The van der Waals surface area contributed by atoms with E-state index in [2.05, 4.69) is 22.9 Å². The summed E-state index contributed by atoms with van der Waals surface area (Å²) >= 11 is 0. The number of benzene rings is 1. The first kappa shape index (κ1) is 18.6. The molecule has 0 spiro atoms. The Kier molecular flexibility index (Phi) is 4.99. The third kappa shape index (κ3) is 4.16. The van der Waals surface area contributed by atoms with Crippen LogP contribution >= 0.6 is 0 Å². The molecule has 0 fully saturated rings. The Morgan fingerprint density at radius 2 is 2.15 bits per heavy atom. The first-order valence-corrected chi connectivity index (χ1v) is 8.81. The van der Waals surface area contributed by atoms with Crippen LogP contribution in [-0.4, -0.2) is 33.0 Å². The molecule has 1 aromatic carbocycles. The van der Waals surface area contributed by atoms with Crippen molar-refractivity contribution in [2.75, 3.05) is 6.54 Å². The highest BCUT2D eigenvalue weighted by atomic mass is 16.3. The van der Waals surface area contributed by atoms with E-state index in [1.807, 2.05) is 13.0 Å². The van der Waals surface area contributed by atoms with Crippen molar-refractivity contribution in [2.45, 2.75) is 39.3 Å². The van der Waals surface area contributed by atoms with E-state index < -0.39 is 5.60 Å². The molecule has 2 heterocycles. The molecule has 1 aliphatic heterocycles. The second-order valence-corrected chi connectivity index (χ2v) is 7.20. The van der Waals surface area contributed by atoms with Crippen molar-refractivity contribution in [1.29, 1.82) is 5.26 Å². The Morgan fingerprint density at radius 3 is 2.85 bits per heavy atom. The number of pyridine rings is 1. The second-order valence-electron chi connectivity index (χ2n) is 7.20. The number of carbonyl (C=O) groups is 1. The maximum atomic E-state index is 12.9. The summed E-state index contributed by atoms with van der Waals surface area (Å²) < 4.78 is 0. The summed E-state index contributed by atoms with van der Waals surface area (Å²) in [5.41, 5.74) is 3.44. The van der Waals surface area contributed by atoms with E-state index in [1.165, 1.54) is 0 Å². The summed E-state index contributed by atoms with van der Waals surface area (Å²) in [5.74, 6) is 5.58. The maximum Gasteiger partial charge on any atom is 0.254 e. The van der Waals surface area contributed by atoms with Crippen LogP contribution in [-0.2, 0) is 13.0 Å². The van der Waals surface area contributed by atoms with Crippen LogP contribution in [0.15, 0.2) is 30.5 Å². The average Bonchev–Trinajstić information content (AvgIpc) is 2.65. The molecule has 0 unspecified atom stereocenters. The highest BCUT2D eigenvalue weighted by Gasteiger charge is 2.24. The monoisotopic (exact) mass is 359 g/mol. The minimum atomic E-state index is -1.08. The molecule has 0 bridgehead atoms. The van der Waals surface area contributed by atoms with Gasteiger partial charge in [0.05, 0.1) is 11.3 Å². The molecule has 1 amide bonds. The lowest BCUT2D eigenvalue weighted by Gasteiger charge is -2.29. The number of rotatable bonds is 1. The number of hydrogen-bond donors (Lipinski definition) is 1. The molecule has 1 aromatic heterocycles. The van der Waals surface area contributed by atoms with Gasteiger partial charge in [0.15, 0.2) is 0 Å².